The van der Waals surface area contributed by atoms with Crippen LogP contribution in [0.2, 0.25) is 0 Å². The van der Waals surface area contributed by atoms with Gasteiger partial charge in [0.25, 0.3) is 0 Å². The molecule has 9 heteroatoms. The van der Waals surface area contributed by atoms with Crippen LogP contribution in [-0.2, 0) is 17.8 Å². The first-order valence-electron chi connectivity index (χ1n) is 9.91. The van der Waals surface area contributed by atoms with Crippen molar-refractivity contribution in [1.82, 2.24) is 0 Å². The quantitative estimate of drug-likeness (QED) is 0.551. The van der Waals surface area contributed by atoms with Crippen molar-refractivity contribution in [2.75, 3.05) is 11.5 Å². The molecule has 1 heterocycles. The van der Waals surface area contributed by atoms with Crippen LogP contribution in [0.3, 0.4) is 0 Å². The van der Waals surface area contributed by atoms with Crippen molar-refractivity contribution in [3.05, 3.63) is 65.0 Å². The molecule has 3 aromatic rings. The second kappa shape index (κ2) is 8.58. The standard InChI is InChI=1S/C23H20F3NO5/c1-2-31-20-14-5-3-4-6-15(14)21(32-23(25)26)19-16(20)11-27(22(19)30)13-8-7-12(9-18(28)29)17(24)10-13/h3-8,10,22-23,30H,2,9,11H2,1H3,(H,28,29). The van der Waals surface area contributed by atoms with Crippen LogP contribution in [0.4, 0.5) is 18.9 Å². The number of fused-ring (bicyclic) bond motifs is 2. The minimum absolute atomic E-state index is 0.00471. The highest BCUT2D eigenvalue weighted by atomic mass is 19.3. The zero-order valence-electron chi connectivity index (χ0n) is 17.0. The summed E-state index contributed by atoms with van der Waals surface area (Å²) >= 11 is 0. The van der Waals surface area contributed by atoms with Gasteiger partial charge in [0.1, 0.15) is 17.3 Å². The van der Waals surface area contributed by atoms with Crippen LogP contribution in [0.15, 0.2) is 42.5 Å². The fourth-order valence-corrected chi connectivity index (χ4v) is 4.07. The number of aliphatic hydroxyl groups is 1. The number of ether oxygens (including phenoxy) is 2. The summed E-state index contributed by atoms with van der Waals surface area (Å²) in [5, 5.41) is 20.9. The molecule has 0 spiro atoms. The van der Waals surface area contributed by atoms with Gasteiger partial charge in [0.2, 0.25) is 0 Å². The van der Waals surface area contributed by atoms with E-state index < -0.39 is 31.0 Å². The lowest BCUT2D eigenvalue weighted by Gasteiger charge is -2.24. The molecule has 0 bridgehead atoms. The van der Waals surface area contributed by atoms with Gasteiger partial charge < -0.3 is 24.6 Å². The smallest absolute Gasteiger partial charge is 0.387 e. The van der Waals surface area contributed by atoms with Gasteiger partial charge in [0.05, 0.1) is 25.1 Å². The molecule has 2 N–H and O–H groups in total. The van der Waals surface area contributed by atoms with Crippen molar-refractivity contribution in [1.29, 1.82) is 0 Å². The summed E-state index contributed by atoms with van der Waals surface area (Å²) in [4.78, 5) is 12.3. The predicted octanol–water partition coefficient (Wildman–Crippen LogP) is 4.62. The lowest BCUT2D eigenvalue weighted by molar-refractivity contribution is -0.136. The summed E-state index contributed by atoms with van der Waals surface area (Å²) in [7, 11) is 0. The van der Waals surface area contributed by atoms with E-state index in [4.69, 9.17) is 14.6 Å². The van der Waals surface area contributed by atoms with E-state index in [1.165, 1.54) is 17.0 Å². The van der Waals surface area contributed by atoms with E-state index in [0.717, 1.165) is 6.07 Å². The average Bonchev–Trinajstić information content (AvgIpc) is 3.08. The Kier molecular flexibility index (Phi) is 5.84. The van der Waals surface area contributed by atoms with Gasteiger partial charge in [-0.3, -0.25) is 4.79 Å². The first-order chi connectivity index (χ1) is 15.3. The predicted molar refractivity (Wildman–Crippen MR) is 111 cm³/mol. The summed E-state index contributed by atoms with van der Waals surface area (Å²) in [5.41, 5.74) is 0.843. The minimum Gasteiger partial charge on any atom is -0.493 e. The summed E-state index contributed by atoms with van der Waals surface area (Å²) < 4.78 is 51.7. The van der Waals surface area contributed by atoms with Gasteiger partial charge in [0.15, 0.2) is 6.23 Å². The topological polar surface area (TPSA) is 79.2 Å². The lowest BCUT2D eigenvalue weighted by atomic mass is 9.99. The molecule has 0 saturated carbocycles. The zero-order valence-corrected chi connectivity index (χ0v) is 17.0. The molecule has 32 heavy (non-hydrogen) atoms. The van der Waals surface area contributed by atoms with Crippen LogP contribution < -0.4 is 14.4 Å². The van der Waals surface area contributed by atoms with Crippen molar-refractivity contribution in [2.45, 2.75) is 32.7 Å². The summed E-state index contributed by atoms with van der Waals surface area (Å²) in [6, 6.07) is 10.6. The van der Waals surface area contributed by atoms with Gasteiger partial charge in [-0.05, 0) is 24.6 Å². The number of carbonyl (C=O) groups is 1. The average molecular weight is 447 g/mol. The van der Waals surface area contributed by atoms with E-state index in [-0.39, 0.29) is 29.1 Å². The van der Waals surface area contributed by atoms with E-state index in [1.807, 2.05) is 0 Å². The Morgan fingerprint density at radius 1 is 1.19 bits per heavy atom. The third-order valence-electron chi connectivity index (χ3n) is 5.35. The van der Waals surface area contributed by atoms with Crippen molar-refractivity contribution in [3.63, 3.8) is 0 Å². The van der Waals surface area contributed by atoms with Crippen molar-refractivity contribution in [3.8, 4) is 11.5 Å². The largest absolute Gasteiger partial charge is 0.493 e. The molecule has 168 valence electrons. The fraction of sp³-hybridized carbons (Fsp3) is 0.261. The van der Waals surface area contributed by atoms with Crippen molar-refractivity contribution >= 4 is 22.4 Å². The van der Waals surface area contributed by atoms with Crippen LogP contribution in [-0.4, -0.2) is 29.4 Å². The second-order valence-corrected chi connectivity index (χ2v) is 7.26. The van der Waals surface area contributed by atoms with Crippen LogP contribution >= 0.6 is 0 Å². The fourth-order valence-electron chi connectivity index (χ4n) is 4.07. The maximum Gasteiger partial charge on any atom is 0.387 e. The maximum absolute atomic E-state index is 14.5. The number of carboxylic acids is 1. The van der Waals surface area contributed by atoms with Gasteiger partial charge in [-0.15, -0.1) is 0 Å². The Balaban J connectivity index is 1.85. The van der Waals surface area contributed by atoms with E-state index in [2.05, 4.69) is 0 Å². The number of hydrogen-bond donors (Lipinski definition) is 2. The normalized spacial score (nSPS) is 15.3. The molecule has 0 aromatic heterocycles. The minimum atomic E-state index is -3.12. The van der Waals surface area contributed by atoms with Gasteiger partial charge in [-0.1, -0.05) is 30.3 Å². The molecule has 0 fully saturated rings. The first-order valence-corrected chi connectivity index (χ1v) is 9.91. The highest BCUT2D eigenvalue weighted by Crippen LogP contribution is 2.50. The molecule has 0 saturated heterocycles. The monoisotopic (exact) mass is 447 g/mol. The molecular weight excluding hydrogens is 427 g/mol. The molecule has 0 aliphatic carbocycles. The van der Waals surface area contributed by atoms with E-state index in [1.54, 1.807) is 31.2 Å². The zero-order chi connectivity index (χ0) is 23.0. The molecule has 1 unspecified atom stereocenters. The number of anilines is 1. The molecule has 3 aromatic carbocycles. The number of halogens is 3. The molecule has 1 aliphatic rings. The maximum atomic E-state index is 14.5. The van der Waals surface area contributed by atoms with Gasteiger partial charge in [-0.2, -0.15) is 8.78 Å². The Hall–Kier alpha value is -3.46. The second-order valence-electron chi connectivity index (χ2n) is 7.26. The number of aliphatic carboxylic acids is 1. The van der Waals surface area contributed by atoms with E-state index in [0.29, 0.717) is 28.7 Å². The molecule has 6 nitrogen and oxygen atoms in total. The van der Waals surface area contributed by atoms with E-state index >= 15 is 0 Å². The number of hydrogen-bond acceptors (Lipinski definition) is 5. The number of alkyl halides is 2. The Labute approximate surface area is 181 Å². The number of rotatable bonds is 7. The van der Waals surface area contributed by atoms with Gasteiger partial charge >= 0.3 is 12.6 Å². The summed E-state index contributed by atoms with van der Waals surface area (Å²) in [6.07, 6.45) is -1.89. The Bertz CT molecular complexity index is 1180. The third kappa shape index (κ3) is 3.80. The Morgan fingerprint density at radius 2 is 1.88 bits per heavy atom. The molecular formula is C23H20F3NO5. The summed E-state index contributed by atoms with van der Waals surface area (Å²) in [6.45, 7) is -0.979. The van der Waals surface area contributed by atoms with Crippen LogP contribution in [0.1, 0.15) is 29.8 Å². The molecule has 0 amide bonds. The van der Waals surface area contributed by atoms with Gasteiger partial charge in [-0.25, -0.2) is 4.39 Å². The number of benzene rings is 3. The SMILES string of the molecule is CCOc1c2c(c(OC(F)F)c3ccccc13)C(O)N(c1ccc(CC(=O)O)c(F)c1)C2. The molecule has 1 aliphatic heterocycles. The highest BCUT2D eigenvalue weighted by Gasteiger charge is 2.37. The van der Waals surface area contributed by atoms with Crippen molar-refractivity contribution in [2.24, 2.45) is 0 Å². The van der Waals surface area contributed by atoms with E-state index in [9.17, 15) is 23.1 Å². The molecule has 4 rings (SSSR count). The number of aliphatic hydroxyl groups excluding tert-OH is 1. The Morgan fingerprint density at radius 3 is 2.47 bits per heavy atom. The molecule has 0 radical (unpaired) electrons. The number of nitrogens with zero attached hydrogens (tertiary/aromatic N) is 1. The van der Waals surface area contributed by atoms with Crippen LogP contribution in [0, 0.1) is 5.82 Å². The summed E-state index contributed by atoms with van der Waals surface area (Å²) in [5.74, 6) is -1.64. The first kappa shape index (κ1) is 21.8. The van der Waals surface area contributed by atoms with Gasteiger partial charge in [0, 0.05) is 22.0 Å². The third-order valence-corrected chi connectivity index (χ3v) is 5.35. The molecule has 1 atom stereocenters. The van der Waals surface area contributed by atoms with Crippen LogP contribution in [0.25, 0.3) is 10.8 Å². The highest BCUT2D eigenvalue weighted by molar-refractivity contribution is 5.97. The lowest BCUT2D eigenvalue weighted by Crippen LogP contribution is -2.21. The van der Waals surface area contributed by atoms with Crippen LogP contribution in [0.5, 0.6) is 11.5 Å². The van der Waals surface area contributed by atoms with Crippen molar-refractivity contribution < 1.29 is 37.7 Å². The number of carboxylic acid groups (broad SMARTS) is 1.